The van der Waals surface area contributed by atoms with Crippen LogP contribution in [0.3, 0.4) is 0 Å². The van der Waals surface area contributed by atoms with Gasteiger partial charge >= 0.3 is 5.97 Å². The molecule has 0 spiro atoms. The normalized spacial score (nSPS) is 12.6. The van der Waals surface area contributed by atoms with E-state index < -0.39 is 5.97 Å². The highest BCUT2D eigenvalue weighted by Gasteiger charge is 2.11. The molecule has 0 unspecified atom stereocenters. The highest BCUT2D eigenvalue weighted by Crippen LogP contribution is 2.21. The number of carboxylic acid groups (broad SMARTS) is 1. The average molecular weight is 451 g/mol. The lowest BCUT2D eigenvalue weighted by Gasteiger charge is -2.09. The van der Waals surface area contributed by atoms with Crippen LogP contribution < -0.4 is 0 Å². The van der Waals surface area contributed by atoms with Crippen molar-refractivity contribution in [3.8, 4) is 11.4 Å². The molecule has 0 aliphatic heterocycles. The van der Waals surface area contributed by atoms with Crippen molar-refractivity contribution in [2.75, 3.05) is 0 Å². The van der Waals surface area contributed by atoms with Gasteiger partial charge in [0.05, 0.1) is 0 Å². The van der Waals surface area contributed by atoms with E-state index in [1.165, 1.54) is 63.4 Å². The van der Waals surface area contributed by atoms with E-state index in [1.807, 2.05) is 36.7 Å². The molecular weight excluding hydrogens is 408 g/mol. The monoisotopic (exact) mass is 450 g/mol. The summed E-state index contributed by atoms with van der Waals surface area (Å²) in [5.74, 6) is 0.221. The molecule has 0 saturated carbocycles. The summed E-state index contributed by atoms with van der Waals surface area (Å²) in [6, 6.07) is 7.80. The molecule has 4 heteroatoms. The maximum Gasteiger partial charge on any atom is 0.331 e. The van der Waals surface area contributed by atoms with Gasteiger partial charge in [-0.05, 0) is 42.4 Å². The maximum absolute atomic E-state index is 11.6. The first-order valence-corrected chi connectivity index (χ1v) is 12.9. The zero-order valence-corrected chi connectivity index (χ0v) is 20.9. The number of hydrogen-bond donors (Lipinski definition) is 1. The summed E-state index contributed by atoms with van der Waals surface area (Å²) >= 11 is 0. The summed E-state index contributed by atoms with van der Waals surface area (Å²) in [5, 5.41) is 9.49. The number of carbonyl (C=O) groups is 1. The van der Waals surface area contributed by atoms with Gasteiger partial charge in [-0.2, -0.15) is 0 Å². The Morgan fingerprint density at radius 2 is 1.48 bits per heavy atom. The standard InChI is InChI=1S/C29H42N2O2/c1-4-6-7-8-9-10-11-12-13-14-25-21-30-28(31-22-25)26-17-15-24(16-18-26)20-27(29(32)33)19-23(3)5-2/h15-18,20-23H,4-14,19H2,1-3H3,(H,32,33)/t23-/m1/s1. The predicted octanol–water partition coefficient (Wildman–Crippen LogP) is 8.12. The van der Waals surface area contributed by atoms with Crippen LogP contribution in [0.4, 0.5) is 0 Å². The van der Waals surface area contributed by atoms with Gasteiger partial charge < -0.3 is 5.11 Å². The first-order valence-electron chi connectivity index (χ1n) is 12.9. The Kier molecular flexibility index (Phi) is 12.5. The molecule has 1 aromatic heterocycles. The van der Waals surface area contributed by atoms with Crippen LogP contribution in [0.2, 0.25) is 0 Å². The fourth-order valence-corrected chi connectivity index (χ4v) is 3.93. The smallest absolute Gasteiger partial charge is 0.331 e. The van der Waals surface area contributed by atoms with E-state index in [2.05, 4.69) is 30.7 Å². The Labute approximate surface area is 200 Å². The summed E-state index contributed by atoms with van der Waals surface area (Å²) in [4.78, 5) is 20.7. The molecule has 0 radical (unpaired) electrons. The third-order valence-electron chi connectivity index (χ3n) is 6.32. The lowest BCUT2D eigenvalue weighted by molar-refractivity contribution is -0.132. The maximum atomic E-state index is 11.6. The van der Waals surface area contributed by atoms with Gasteiger partial charge in [0.25, 0.3) is 0 Å². The van der Waals surface area contributed by atoms with Gasteiger partial charge in [-0.1, -0.05) is 103 Å². The van der Waals surface area contributed by atoms with Crippen molar-refractivity contribution in [2.24, 2.45) is 5.92 Å². The number of unbranched alkanes of at least 4 members (excludes halogenated alkanes) is 8. The minimum absolute atomic E-state index is 0.356. The first-order chi connectivity index (χ1) is 16.0. The Bertz CT molecular complexity index is 841. The fourth-order valence-electron chi connectivity index (χ4n) is 3.93. The van der Waals surface area contributed by atoms with Crippen molar-refractivity contribution >= 4 is 12.0 Å². The Morgan fingerprint density at radius 3 is 2.03 bits per heavy atom. The van der Waals surface area contributed by atoms with Crippen LogP contribution in [0.5, 0.6) is 0 Å². The van der Waals surface area contributed by atoms with Crippen molar-refractivity contribution in [3.63, 3.8) is 0 Å². The molecule has 1 aromatic carbocycles. The molecule has 33 heavy (non-hydrogen) atoms. The van der Waals surface area contributed by atoms with Gasteiger partial charge in [-0.15, -0.1) is 0 Å². The van der Waals surface area contributed by atoms with E-state index in [4.69, 9.17) is 0 Å². The summed E-state index contributed by atoms with van der Waals surface area (Å²) < 4.78 is 0. The number of carboxylic acids is 1. The van der Waals surface area contributed by atoms with Gasteiger partial charge in [0.1, 0.15) is 0 Å². The van der Waals surface area contributed by atoms with E-state index in [9.17, 15) is 9.90 Å². The van der Waals surface area contributed by atoms with Crippen molar-refractivity contribution in [1.82, 2.24) is 9.97 Å². The highest BCUT2D eigenvalue weighted by molar-refractivity contribution is 5.92. The molecular formula is C29H42N2O2. The number of aliphatic carboxylic acids is 1. The van der Waals surface area contributed by atoms with E-state index in [0.29, 0.717) is 23.7 Å². The Hall–Kier alpha value is -2.49. The second-order valence-corrected chi connectivity index (χ2v) is 9.31. The highest BCUT2D eigenvalue weighted by atomic mass is 16.4. The second-order valence-electron chi connectivity index (χ2n) is 9.31. The van der Waals surface area contributed by atoms with Gasteiger partial charge in [0.2, 0.25) is 0 Å². The SMILES string of the molecule is CCCCCCCCCCCc1cnc(-c2ccc(C=C(C[C@H](C)CC)C(=O)O)cc2)nc1. The molecule has 0 fully saturated rings. The third kappa shape index (κ3) is 10.3. The molecule has 180 valence electrons. The number of hydrogen-bond acceptors (Lipinski definition) is 3. The van der Waals surface area contributed by atoms with Gasteiger partial charge in [0.15, 0.2) is 5.82 Å². The van der Waals surface area contributed by atoms with Crippen LogP contribution in [0.25, 0.3) is 17.5 Å². The minimum Gasteiger partial charge on any atom is -0.478 e. The minimum atomic E-state index is -0.842. The molecule has 2 rings (SSSR count). The summed E-state index contributed by atoms with van der Waals surface area (Å²) in [7, 11) is 0. The number of nitrogens with zero attached hydrogens (tertiary/aromatic N) is 2. The van der Waals surface area contributed by atoms with Crippen LogP contribution in [0.1, 0.15) is 103 Å². The topological polar surface area (TPSA) is 63.1 Å². The fraction of sp³-hybridized carbons (Fsp3) is 0.552. The van der Waals surface area contributed by atoms with Crippen LogP contribution in [0.15, 0.2) is 42.2 Å². The zero-order valence-electron chi connectivity index (χ0n) is 20.9. The predicted molar refractivity (Wildman–Crippen MR) is 138 cm³/mol. The zero-order chi connectivity index (χ0) is 23.9. The van der Waals surface area contributed by atoms with Crippen molar-refractivity contribution < 1.29 is 9.90 Å². The molecule has 0 saturated heterocycles. The van der Waals surface area contributed by atoms with Gasteiger partial charge in [-0.3, -0.25) is 0 Å². The summed E-state index contributed by atoms with van der Waals surface area (Å²) in [6.07, 6.45) is 20.2. The molecule has 0 aliphatic carbocycles. The number of aromatic nitrogens is 2. The molecule has 2 aromatic rings. The largest absolute Gasteiger partial charge is 0.478 e. The van der Waals surface area contributed by atoms with Crippen LogP contribution in [-0.4, -0.2) is 21.0 Å². The molecule has 1 atom stereocenters. The summed E-state index contributed by atoms with van der Waals surface area (Å²) in [6.45, 7) is 6.43. The molecule has 0 bridgehead atoms. The lowest BCUT2D eigenvalue weighted by atomic mass is 9.97. The van der Waals surface area contributed by atoms with E-state index in [1.54, 1.807) is 6.08 Å². The second kappa shape index (κ2) is 15.4. The molecule has 1 heterocycles. The lowest BCUT2D eigenvalue weighted by Crippen LogP contribution is -2.05. The molecule has 4 nitrogen and oxygen atoms in total. The average Bonchev–Trinajstić information content (AvgIpc) is 2.83. The quantitative estimate of drug-likeness (QED) is 0.207. The van der Waals surface area contributed by atoms with Crippen LogP contribution >= 0.6 is 0 Å². The number of benzene rings is 1. The van der Waals surface area contributed by atoms with Gasteiger partial charge in [0, 0.05) is 23.5 Å². The third-order valence-corrected chi connectivity index (χ3v) is 6.32. The van der Waals surface area contributed by atoms with E-state index >= 15 is 0 Å². The van der Waals surface area contributed by atoms with Crippen molar-refractivity contribution in [1.29, 1.82) is 0 Å². The van der Waals surface area contributed by atoms with E-state index in [-0.39, 0.29) is 0 Å². The number of aryl methyl sites for hydroxylation is 1. The molecule has 1 N–H and O–H groups in total. The Morgan fingerprint density at radius 1 is 0.909 bits per heavy atom. The van der Waals surface area contributed by atoms with Crippen LogP contribution in [0, 0.1) is 5.92 Å². The summed E-state index contributed by atoms with van der Waals surface area (Å²) in [5.41, 5.74) is 3.48. The molecule has 0 aliphatic rings. The van der Waals surface area contributed by atoms with Crippen molar-refractivity contribution in [2.45, 2.75) is 97.8 Å². The first kappa shape index (κ1) is 26.8. The van der Waals surface area contributed by atoms with E-state index in [0.717, 1.165) is 24.0 Å². The van der Waals surface area contributed by atoms with Crippen molar-refractivity contribution in [3.05, 3.63) is 53.4 Å². The van der Waals surface area contributed by atoms with Crippen LogP contribution in [-0.2, 0) is 11.2 Å². The Balaban J connectivity index is 1.82. The van der Waals surface area contributed by atoms with Gasteiger partial charge in [-0.25, -0.2) is 14.8 Å². The molecule has 0 amide bonds. The number of rotatable bonds is 16.